The smallest absolute Gasteiger partial charge is 0.293 e. The number of phenolic OH excluding ortho intramolecular Hbond substituents is 1. The molecular weight excluding hydrogens is 489 g/mol. The molecule has 1 fully saturated rings. The third-order valence-electron chi connectivity index (χ3n) is 3.85. The summed E-state index contributed by atoms with van der Waals surface area (Å²) >= 11 is 16.0. The van der Waals surface area contributed by atoms with Crippen molar-refractivity contribution in [2.75, 3.05) is 6.61 Å². The van der Waals surface area contributed by atoms with Crippen molar-refractivity contribution in [1.82, 2.24) is 4.90 Å². The maximum Gasteiger partial charge on any atom is 0.293 e. The van der Waals surface area contributed by atoms with Crippen molar-refractivity contribution in [3.05, 3.63) is 60.9 Å². The van der Waals surface area contributed by atoms with E-state index in [4.69, 9.17) is 27.9 Å². The van der Waals surface area contributed by atoms with Gasteiger partial charge in [0.25, 0.3) is 11.1 Å². The lowest BCUT2D eigenvalue weighted by atomic mass is 10.1. The predicted octanol–water partition coefficient (Wildman–Crippen LogP) is 6.10. The molecule has 3 rings (SSSR count). The fraction of sp³-hybridized carbons (Fsp3) is 0.158. The summed E-state index contributed by atoms with van der Waals surface area (Å²) in [4.78, 5) is 26.5. The van der Waals surface area contributed by atoms with Crippen LogP contribution in [0.2, 0.25) is 10.0 Å². The molecule has 0 atom stereocenters. The quantitative estimate of drug-likeness (QED) is 0.500. The molecule has 28 heavy (non-hydrogen) atoms. The van der Waals surface area contributed by atoms with Crippen molar-refractivity contribution < 1.29 is 19.4 Å². The monoisotopic (exact) mass is 501 g/mol. The van der Waals surface area contributed by atoms with Crippen molar-refractivity contribution in [2.24, 2.45) is 0 Å². The van der Waals surface area contributed by atoms with Gasteiger partial charge in [0.15, 0.2) is 11.5 Å². The van der Waals surface area contributed by atoms with Crippen LogP contribution in [0.15, 0.2) is 39.7 Å². The Morgan fingerprint density at radius 1 is 1.21 bits per heavy atom. The highest BCUT2D eigenvalue weighted by Crippen LogP contribution is 2.38. The average Bonchev–Trinajstić information content (AvgIpc) is 2.90. The Morgan fingerprint density at radius 2 is 1.96 bits per heavy atom. The lowest BCUT2D eigenvalue weighted by molar-refractivity contribution is -0.123. The van der Waals surface area contributed by atoms with Crippen LogP contribution in [0.5, 0.6) is 11.5 Å². The Hall–Kier alpha value is -1.67. The van der Waals surface area contributed by atoms with Gasteiger partial charge in [-0.25, -0.2) is 0 Å². The van der Waals surface area contributed by atoms with Gasteiger partial charge < -0.3 is 9.84 Å². The van der Waals surface area contributed by atoms with Crippen LogP contribution in [0.1, 0.15) is 18.1 Å². The fourth-order valence-electron chi connectivity index (χ4n) is 2.55. The number of aromatic hydroxyl groups is 1. The molecule has 2 aromatic rings. The van der Waals surface area contributed by atoms with Crippen LogP contribution in [0, 0.1) is 0 Å². The molecule has 0 aromatic heterocycles. The van der Waals surface area contributed by atoms with Crippen LogP contribution >= 0.6 is 50.9 Å². The highest BCUT2D eigenvalue weighted by molar-refractivity contribution is 9.10. The van der Waals surface area contributed by atoms with Crippen LogP contribution in [-0.2, 0) is 11.3 Å². The first-order valence-corrected chi connectivity index (χ1v) is 10.5. The van der Waals surface area contributed by atoms with Crippen molar-refractivity contribution in [3.63, 3.8) is 0 Å². The summed E-state index contributed by atoms with van der Waals surface area (Å²) < 4.78 is 5.82. The number of amides is 2. The van der Waals surface area contributed by atoms with Gasteiger partial charge >= 0.3 is 0 Å². The molecular formula is C19H14BrCl2NO4S. The Morgan fingerprint density at radius 3 is 2.64 bits per heavy atom. The lowest BCUT2D eigenvalue weighted by Crippen LogP contribution is -2.27. The second-order valence-corrected chi connectivity index (χ2v) is 8.46. The fourth-order valence-corrected chi connectivity index (χ4v) is 4.17. The molecule has 5 nitrogen and oxygen atoms in total. The first-order chi connectivity index (χ1) is 13.3. The average molecular weight is 503 g/mol. The zero-order valence-corrected chi connectivity index (χ0v) is 18.5. The lowest BCUT2D eigenvalue weighted by Gasteiger charge is -2.13. The molecule has 0 bridgehead atoms. The second-order valence-electron chi connectivity index (χ2n) is 5.80. The maximum absolute atomic E-state index is 12.7. The summed E-state index contributed by atoms with van der Waals surface area (Å²) in [6, 6.07) is 8.22. The van der Waals surface area contributed by atoms with Crippen molar-refractivity contribution in [3.8, 4) is 11.5 Å². The normalized spacial score (nSPS) is 15.6. The van der Waals surface area contributed by atoms with Gasteiger partial charge in [0.1, 0.15) is 0 Å². The Labute approximate surface area is 184 Å². The van der Waals surface area contributed by atoms with Crippen LogP contribution < -0.4 is 4.74 Å². The van der Waals surface area contributed by atoms with E-state index in [0.717, 1.165) is 16.7 Å². The minimum atomic E-state index is -0.400. The van der Waals surface area contributed by atoms with E-state index in [2.05, 4.69) is 15.9 Å². The number of rotatable bonds is 5. The summed E-state index contributed by atoms with van der Waals surface area (Å²) in [6.07, 6.45) is 1.59. The number of hydrogen-bond donors (Lipinski definition) is 1. The Balaban J connectivity index is 1.85. The molecule has 0 aliphatic carbocycles. The highest BCUT2D eigenvalue weighted by atomic mass is 79.9. The van der Waals surface area contributed by atoms with E-state index < -0.39 is 5.91 Å². The number of halogens is 3. The Kier molecular flexibility index (Phi) is 6.60. The molecule has 146 valence electrons. The molecule has 1 aliphatic rings. The summed E-state index contributed by atoms with van der Waals surface area (Å²) in [7, 11) is 0. The molecule has 0 saturated carbocycles. The third-order valence-corrected chi connectivity index (χ3v) is 6.10. The van der Waals surface area contributed by atoms with E-state index >= 15 is 0 Å². The molecule has 1 N–H and O–H groups in total. The van der Waals surface area contributed by atoms with E-state index in [1.807, 2.05) is 0 Å². The molecule has 9 heteroatoms. The van der Waals surface area contributed by atoms with Crippen molar-refractivity contribution in [1.29, 1.82) is 0 Å². The number of phenols is 1. The SMILES string of the molecule is CCOc1cc(C=C2SC(=O)N(Cc3ccc(Cl)c(Cl)c3)C2=O)cc(Br)c1O. The predicted molar refractivity (Wildman–Crippen MR) is 115 cm³/mol. The number of imide groups is 1. The number of hydrogen-bond acceptors (Lipinski definition) is 5. The van der Waals surface area contributed by atoms with Crippen LogP contribution in [0.3, 0.4) is 0 Å². The third kappa shape index (κ3) is 4.49. The highest BCUT2D eigenvalue weighted by Gasteiger charge is 2.35. The van der Waals surface area contributed by atoms with E-state index in [1.165, 1.54) is 0 Å². The van der Waals surface area contributed by atoms with Gasteiger partial charge in [-0.15, -0.1) is 0 Å². The van der Waals surface area contributed by atoms with Crippen LogP contribution in [0.25, 0.3) is 6.08 Å². The molecule has 1 heterocycles. The first kappa shape index (κ1) is 21.0. The molecule has 1 aliphatic heterocycles. The minimum absolute atomic E-state index is 0.0216. The topological polar surface area (TPSA) is 66.8 Å². The standard InChI is InChI=1S/C19H14BrCl2NO4S/c1-2-27-15-7-11(5-12(20)17(15)24)8-16-18(25)23(19(26)28-16)9-10-3-4-13(21)14(22)6-10/h3-8,24H,2,9H2,1H3. The second kappa shape index (κ2) is 8.78. The van der Waals surface area contributed by atoms with Gasteiger partial charge in [-0.05, 0) is 76.1 Å². The number of benzene rings is 2. The number of nitrogens with zero attached hydrogens (tertiary/aromatic N) is 1. The van der Waals surface area contributed by atoms with E-state index in [1.54, 1.807) is 43.3 Å². The zero-order valence-electron chi connectivity index (χ0n) is 14.5. The van der Waals surface area contributed by atoms with Gasteiger partial charge in [0, 0.05) is 0 Å². The number of ether oxygens (including phenoxy) is 1. The largest absolute Gasteiger partial charge is 0.503 e. The van der Waals surface area contributed by atoms with Gasteiger partial charge in [-0.3, -0.25) is 14.5 Å². The summed E-state index contributed by atoms with van der Waals surface area (Å²) in [5.74, 6) is -0.131. The Bertz CT molecular complexity index is 996. The van der Waals surface area contributed by atoms with Crippen LogP contribution in [0.4, 0.5) is 4.79 Å². The van der Waals surface area contributed by atoms with Crippen molar-refractivity contribution in [2.45, 2.75) is 13.5 Å². The zero-order chi connectivity index (χ0) is 20.4. The number of carbonyl (C=O) groups excluding carboxylic acids is 2. The molecule has 2 aromatic carbocycles. The van der Waals surface area contributed by atoms with E-state index in [0.29, 0.717) is 32.3 Å². The molecule has 0 radical (unpaired) electrons. The molecule has 1 saturated heterocycles. The van der Waals surface area contributed by atoms with Gasteiger partial charge in [-0.2, -0.15) is 0 Å². The molecule has 0 spiro atoms. The number of thioether (sulfide) groups is 1. The van der Waals surface area contributed by atoms with Crippen molar-refractivity contribution >= 4 is 68.1 Å². The van der Waals surface area contributed by atoms with Gasteiger partial charge in [0.2, 0.25) is 0 Å². The summed E-state index contributed by atoms with van der Waals surface area (Å²) in [5.41, 5.74) is 1.32. The van der Waals surface area contributed by atoms with E-state index in [9.17, 15) is 14.7 Å². The maximum atomic E-state index is 12.7. The summed E-state index contributed by atoms with van der Waals surface area (Å²) in [5, 5.41) is 10.4. The molecule has 2 amide bonds. The van der Waals surface area contributed by atoms with Gasteiger partial charge in [0.05, 0.1) is 32.6 Å². The first-order valence-electron chi connectivity index (χ1n) is 8.14. The number of carbonyl (C=O) groups is 2. The minimum Gasteiger partial charge on any atom is -0.503 e. The summed E-state index contributed by atoms with van der Waals surface area (Å²) in [6.45, 7) is 2.28. The molecule has 0 unspecified atom stereocenters. The van der Waals surface area contributed by atoms with Crippen LogP contribution in [-0.4, -0.2) is 27.8 Å². The van der Waals surface area contributed by atoms with E-state index in [-0.39, 0.29) is 28.2 Å². The van der Waals surface area contributed by atoms with Gasteiger partial charge in [-0.1, -0.05) is 29.3 Å².